The molecule has 0 saturated carbocycles. The third-order valence-electron chi connectivity index (χ3n) is 5.23. The Morgan fingerprint density at radius 3 is 2.40 bits per heavy atom. The summed E-state index contributed by atoms with van der Waals surface area (Å²) in [6.45, 7) is 9.33. The maximum atomic E-state index is 12.9. The minimum atomic E-state index is -0.823. The van der Waals surface area contributed by atoms with Gasteiger partial charge in [0.25, 0.3) is 11.5 Å². The van der Waals surface area contributed by atoms with Gasteiger partial charge in [0.2, 0.25) is 0 Å². The third-order valence-corrected chi connectivity index (χ3v) is 6.29. The molecule has 0 radical (unpaired) electrons. The van der Waals surface area contributed by atoms with E-state index < -0.39 is 24.5 Å². The Morgan fingerprint density at radius 2 is 1.77 bits per heavy atom. The molecule has 1 N–H and O–H groups in total. The molecule has 0 fully saturated rings. The van der Waals surface area contributed by atoms with E-state index in [1.807, 2.05) is 27.7 Å². The standard InChI is InChI=1S/C25H29N3O6S/c1-6-16-15(5)35-22(20(16)24(31)33-7-2)26-19(29)13-34-25(32)21-17-10-8-9-11-18(17)23(30)28(27-21)12-14(3)4/h8-11,14H,6-7,12-13H2,1-5H3,(H,26,29). The van der Waals surface area contributed by atoms with Crippen LogP contribution in [0.2, 0.25) is 0 Å². The first-order valence-corrected chi connectivity index (χ1v) is 12.3. The molecule has 2 aromatic heterocycles. The molecule has 2 heterocycles. The zero-order valence-electron chi connectivity index (χ0n) is 20.5. The highest BCUT2D eigenvalue weighted by molar-refractivity contribution is 7.16. The lowest BCUT2D eigenvalue weighted by molar-refractivity contribution is -0.119. The Morgan fingerprint density at radius 1 is 1.09 bits per heavy atom. The van der Waals surface area contributed by atoms with E-state index >= 15 is 0 Å². The van der Waals surface area contributed by atoms with Crippen LogP contribution >= 0.6 is 11.3 Å². The lowest BCUT2D eigenvalue weighted by Crippen LogP contribution is -2.29. The summed E-state index contributed by atoms with van der Waals surface area (Å²) >= 11 is 1.27. The number of thiophene rings is 1. The summed E-state index contributed by atoms with van der Waals surface area (Å²) in [7, 11) is 0. The van der Waals surface area contributed by atoms with Gasteiger partial charge < -0.3 is 14.8 Å². The lowest BCUT2D eigenvalue weighted by Gasteiger charge is -2.12. The Bertz CT molecular complexity index is 1320. The number of aromatic nitrogens is 2. The number of nitrogens with zero attached hydrogens (tertiary/aromatic N) is 2. The minimum absolute atomic E-state index is 0.0406. The van der Waals surface area contributed by atoms with Gasteiger partial charge in [0.15, 0.2) is 12.3 Å². The number of carbonyl (C=O) groups is 3. The second-order valence-electron chi connectivity index (χ2n) is 8.31. The van der Waals surface area contributed by atoms with Crippen molar-refractivity contribution in [3.8, 4) is 0 Å². The molecule has 0 unspecified atom stereocenters. The number of hydrogen-bond donors (Lipinski definition) is 1. The summed E-state index contributed by atoms with van der Waals surface area (Å²) in [5.41, 5.74) is 0.796. The van der Waals surface area contributed by atoms with Crippen LogP contribution in [0.15, 0.2) is 29.1 Å². The first-order valence-electron chi connectivity index (χ1n) is 11.4. The summed E-state index contributed by atoms with van der Waals surface area (Å²) in [6.07, 6.45) is 0.603. The highest BCUT2D eigenvalue weighted by atomic mass is 32.1. The second-order valence-corrected chi connectivity index (χ2v) is 9.54. The molecule has 35 heavy (non-hydrogen) atoms. The quantitative estimate of drug-likeness (QED) is 0.443. The molecule has 0 bridgehead atoms. The third kappa shape index (κ3) is 5.76. The number of rotatable bonds is 9. The van der Waals surface area contributed by atoms with E-state index in [0.29, 0.717) is 34.3 Å². The van der Waals surface area contributed by atoms with Gasteiger partial charge in [-0.2, -0.15) is 5.10 Å². The normalized spacial score (nSPS) is 11.0. The molecule has 1 amide bonds. The fourth-order valence-corrected chi connectivity index (χ4v) is 4.88. The van der Waals surface area contributed by atoms with Crippen LogP contribution in [0.1, 0.15) is 59.0 Å². The van der Waals surface area contributed by atoms with Crippen LogP contribution in [0, 0.1) is 12.8 Å². The highest BCUT2D eigenvalue weighted by Gasteiger charge is 2.24. The molecule has 0 aliphatic heterocycles. The average Bonchev–Trinajstić information content (AvgIpc) is 3.13. The predicted molar refractivity (Wildman–Crippen MR) is 134 cm³/mol. The fraction of sp³-hybridized carbons (Fsp3) is 0.400. The van der Waals surface area contributed by atoms with E-state index in [4.69, 9.17) is 9.47 Å². The number of amides is 1. The van der Waals surface area contributed by atoms with Crippen LogP contribution in [0.25, 0.3) is 10.8 Å². The fourth-order valence-electron chi connectivity index (χ4n) is 3.73. The summed E-state index contributed by atoms with van der Waals surface area (Å²) in [5, 5.41) is 7.94. The molecule has 3 rings (SSSR count). The van der Waals surface area contributed by atoms with Gasteiger partial charge in [-0.3, -0.25) is 9.59 Å². The molecule has 0 aliphatic carbocycles. The highest BCUT2D eigenvalue weighted by Crippen LogP contribution is 2.34. The molecule has 0 aliphatic rings. The summed E-state index contributed by atoms with van der Waals surface area (Å²) in [4.78, 5) is 51.6. The molecule has 0 saturated heterocycles. The smallest absolute Gasteiger partial charge is 0.359 e. The van der Waals surface area contributed by atoms with E-state index in [1.54, 1.807) is 31.2 Å². The number of benzene rings is 1. The molecule has 0 spiro atoms. The van der Waals surface area contributed by atoms with Crippen molar-refractivity contribution in [1.29, 1.82) is 0 Å². The SMILES string of the molecule is CCOC(=O)c1c(NC(=O)COC(=O)c2nn(CC(C)C)c(=O)c3ccccc23)sc(C)c1CC. The number of hydrogen-bond acceptors (Lipinski definition) is 8. The van der Waals surface area contributed by atoms with Crippen molar-refractivity contribution in [2.75, 3.05) is 18.5 Å². The Balaban J connectivity index is 1.81. The molecular weight excluding hydrogens is 470 g/mol. The van der Waals surface area contributed by atoms with Crippen molar-refractivity contribution in [3.63, 3.8) is 0 Å². The molecule has 1 aromatic carbocycles. The number of carbonyl (C=O) groups excluding carboxylic acids is 3. The number of esters is 2. The van der Waals surface area contributed by atoms with E-state index in [0.717, 1.165) is 10.4 Å². The van der Waals surface area contributed by atoms with Crippen LogP contribution in [-0.4, -0.2) is 40.8 Å². The van der Waals surface area contributed by atoms with Gasteiger partial charge in [-0.25, -0.2) is 14.3 Å². The lowest BCUT2D eigenvalue weighted by atomic mass is 10.1. The summed E-state index contributed by atoms with van der Waals surface area (Å²) in [5.74, 6) is -1.81. The Hall–Kier alpha value is -3.53. The van der Waals surface area contributed by atoms with E-state index in [9.17, 15) is 19.2 Å². The maximum absolute atomic E-state index is 12.9. The van der Waals surface area contributed by atoms with E-state index in [2.05, 4.69) is 10.4 Å². The van der Waals surface area contributed by atoms with Crippen molar-refractivity contribution < 1.29 is 23.9 Å². The van der Waals surface area contributed by atoms with Crippen molar-refractivity contribution >= 4 is 45.0 Å². The molecule has 186 valence electrons. The Labute approximate surface area is 207 Å². The topological polar surface area (TPSA) is 117 Å². The van der Waals surface area contributed by atoms with Crippen LogP contribution in [-0.2, 0) is 27.2 Å². The number of nitrogens with one attached hydrogen (secondary N) is 1. The molecule has 9 nitrogen and oxygen atoms in total. The molecule has 10 heteroatoms. The average molecular weight is 500 g/mol. The molecule has 3 aromatic rings. The zero-order valence-corrected chi connectivity index (χ0v) is 21.3. The largest absolute Gasteiger partial charge is 0.462 e. The number of aryl methyl sites for hydroxylation is 1. The first kappa shape index (κ1) is 26.1. The van der Waals surface area contributed by atoms with Gasteiger partial charge in [-0.15, -0.1) is 11.3 Å². The van der Waals surface area contributed by atoms with Gasteiger partial charge in [0.05, 0.1) is 17.6 Å². The van der Waals surface area contributed by atoms with E-state index in [-0.39, 0.29) is 23.8 Å². The minimum Gasteiger partial charge on any atom is -0.462 e. The van der Waals surface area contributed by atoms with Crippen molar-refractivity contribution in [2.45, 2.75) is 47.6 Å². The van der Waals surface area contributed by atoms with Gasteiger partial charge in [-0.05, 0) is 37.8 Å². The van der Waals surface area contributed by atoms with Crippen LogP contribution in [0.4, 0.5) is 5.00 Å². The number of anilines is 1. The van der Waals surface area contributed by atoms with Crippen molar-refractivity contribution in [2.24, 2.45) is 5.92 Å². The van der Waals surface area contributed by atoms with E-state index in [1.165, 1.54) is 16.0 Å². The van der Waals surface area contributed by atoms with Gasteiger partial charge in [0, 0.05) is 16.8 Å². The van der Waals surface area contributed by atoms with Crippen molar-refractivity contribution in [1.82, 2.24) is 9.78 Å². The zero-order chi connectivity index (χ0) is 25.7. The summed E-state index contributed by atoms with van der Waals surface area (Å²) < 4.78 is 11.6. The first-order chi connectivity index (χ1) is 16.7. The van der Waals surface area contributed by atoms with Gasteiger partial charge >= 0.3 is 11.9 Å². The monoisotopic (exact) mass is 499 g/mol. The van der Waals surface area contributed by atoms with Gasteiger partial charge in [-0.1, -0.05) is 39.0 Å². The molecular formula is C25H29N3O6S. The maximum Gasteiger partial charge on any atom is 0.359 e. The van der Waals surface area contributed by atoms with Crippen LogP contribution in [0.3, 0.4) is 0 Å². The summed E-state index contributed by atoms with van der Waals surface area (Å²) in [6, 6.07) is 6.65. The number of ether oxygens (including phenoxy) is 2. The second kappa shape index (κ2) is 11.3. The van der Waals surface area contributed by atoms with Crippen LogP contribution in [0.5, 0.6) is 0 Å². The van der Waals surface area contributed by atoms with Crippen molar-refractivity contribution in [3.05, 3.63) is 56.3 Å². The van der Waals surface area contributed by atoms with Gasteiger partial charge in [0.1, 0.15) is 5.00 Å². The predicted octanol–water partition coefficient (Wildman–Crippen LogP) is 3.96. The molecule has 0 atom stereocenters. The number of fused-ring (bicyclic) bond motifs is 1. The van der Waals surface area contributed by atoms with Crippen LogP contribution < -0.4 is 10.9 Å². The Kier molecular flexibility index (Phi) is 8.39.